The van der Waals surface area contributed by atoms with E-state index in [0.29, 0.717) is 18.5 Å². The molecule has 2 aromatic rings. The van der Waals surface area contributed by atoms with Crippen molar-refractivity contribution in [3.8, 4) is 5.75 Å². The highest BCUT2D eigenvalue weighted by Crippen LogP contribution is 2.49. The first-order valence-corrected chi connectivity index (χ1v) is 7.61. The number of anilines is 2. The van der Waals surface area contributed by atoms with Crippen LogP contribution in [0.4, 0.5) is 15.8 Å². The van der Waals surface area contributed by atoms with Crippen LogP contribution in [-0.2, 0) is 9.59 Å². The van der Waals surface area contributed by atoms with Crippen molar-refractivity contribution in [2.24, 2.45) is 11.1 Å². The lowest BCUT2D eigenvalue weighted by Crippen LogP contribution is -2.41. The summed E-state index contributed by atoms with van der Waals surface area (Å²) >= 11 is 5.77. The zero-order chi connectivity index (χ0) is 17.5. The van der Waals surface area contributed by atoms with Crippen molar-refractivity contribution in [2.45, 2.75) is 12.8 Å². The Morgan fingerprint density at radius 2 is 1.79 bits per heavy atom. The molecule has 0 saturated heterocycles. The third-order valence-corrected chi connectivity index (χ3v) is 4.33. The molecule has 3 rings (SSSR count). The number of benzene rings is 2. The zero-order valence-corrected chi connectivity index (χ0v) is 13.3. The minimum absolute atomic E-state index is 0.00114. The van der Waals surface area contributed by atoms with Crippen molar-refractivity contribution < 1.29 is 19.1 Å². The average Bonchev–Trinajstić information content (AvgIpc) is 3.33. The van der Waals surface area contributed by atoms with E-state index in [9.17, 15) is 19.1 Å². The molecule has 3 N–H and O–H groups in total. The molecular weight excluding hydrogens is 335 g/mol. The first-order chi connectivity index (χ1) is 11.3. The molecule has 0 atom stereocenters. The van der Waals surface area contributed by atoms with Crippen LogP contribution in [0.3, 0.4) is 0 Å². The molecule has 0 aromatic heterocycles. The van der Waals surface area contributed by atoms with Gasteiger partial charge in [-0.1, -0.05) is 11.6 Å². The zero-order valence-electron chi connectivity index (χ0n) is 12.5. The fraction of sp³-hybridized carbons (Fsp3) is 0.176. The molecule has 2 amide bonds. The van der Waals surface area contributed by atoms with Crippen LogP contribution in [0.15, 0.2) is 42.5 Å². The Labute approximate surface area is 142 Å². The van der Waals surface area contributed by atoms with E-state index in [4.69, 9.17) is 17.3 Å². The SMILES string of the molecule is NC(=O)C1(C(=O)N(c2ccc(O)cc2)c2ccc(Cl)cc2F)CC1. The van der Waals surface area contributed by atoms with E-state index in [0.717, 1.165) is 11.0 Å². The summed E-state index contributed by atoms with van der Waals surface area (Å²) < 4.78 is 14.4. The van der Waals surface area contributed by atoms with E-state index in [2.05, 4.69) is 0 Å². The number of amides is 2. The van der Waals surface area contributed by atoms with Gasteiger partial charge in [0, 0.05) is 10.7 Å². The largest absolute Gasteiger partial charge is 0.508 e. The van der Waals surface area contributed by atoms with Crippen LogP contribution in [0.2, 0.25) is 5.02 Å². The molecule has 0 bridgehead atoms. The van der Waals surface area contributed by atoms with Gasteiger partial charge in [-0.25, -0.2) is 4.39 Å². The van der Waals surface area contributed by atoms with Gasteiger partial charge >= 0.3 is 0 Å². The topological polar surface area (TPSA) is 83.6 Å². The van der Waals surface area contributed by atoms with Crippen molar-refractivity contribution in [3.05, 3.63) is 53.3 Å². The summed E-state index contributed by atoms with van der Waals surface area (Å²) in [6.07, 6.45) is 0.649. The molecule has 124 valence electrons. The van der Waals surface area contributed by atoms with E-state index in [-0.39, 0.29) is 16.5 Å². The van der Waals surface area contributed by atoms with Gasteiger partial charge in [0.25, 0.3) is 0 Å². The molecule has 1 aliphatic carbocycles. The van der Waals surface area contributed by atoms with Crippen LogP contribution in [0.1, 0.15) is 12.8 Å². The second-order valence-electron chi connectivity index (χ2n) is 5.70. The summed E-state index contributed by atoms with van der Waals surface area (Å²) in [5.74, 6) is -2.03. The number of carbonyl (C=O) groups is 2. The first-order valence-electron chi connectivity index (χ1n) is 7.24. The number of primary amides is 1. The Hall–Kier alpha value is -2.60. The van der Waals surface area contributed by atoms with Crippen molar-refractivity contribution in [1.29, 1.82) is 0 Å². The van der Waals surface area contributed by atoms with E-state index >= 15 is 0 Å². The molecule has 24 heavy (non-hydrogen) atoms. The van der Waals surface area contributed by atoms with Crippen LogP contribution < -0.4 is 10.6 Å². The third-order valence-electron chi connectivity index (χ3n) is 4.09. The number of aromatic hydroxyl groups is 1. The number of phenols is 1. The Kier molecular flexibility index (Phi) is 3.93. The fourth-order valence-electron chi connectivity index (χ4n) is 2.53. The van der Waals surface area contributed by atoms with Crippen LogP contribution in [-0.4, -0.2) is 16.9 Å². The summed E-state index contributed by atoms with van der Waals surface area (Å²) in [5.41, 5.74) is 4.33. The van der Waals surface area contributed by atoms with Gasteiger partial charge in [-0.3, -0.25) is 14.5 Å². The van der Waals surface area contributed by atoms with Gasteiger partial charge in [-0.15, -0.1) is 0 Å². The van der Waals surface area contributed by atoms with Crippen molar-refractivity contribution in [2.75, 3.05) is 4.90 Å². The van der Waals surface area contributed by atoms with Crippen molar-refractivity contribution >= 4 is 34.8 Å². The van der Waals surface area contributed by atoms with E-state index < -0.39 is 23.0 Å². The van der Waals surface area contributed by atoms with E-state index in [1.807, 2.05) is 0 Å². The number of nitrogens with zero attached hydrogens (tertiary/aromatic N) is 1. The molecular formula is C17H14ClFN2O3. The minimum Gasteiger partial charge on any atom is -0.508 e. The van der Waals surface area contributed by atoms with Gasteiger partial charge < -0.3 is 10.8 Å². The van der Waals surface area contributed by atoms with E-state index in [1.54, 1.807) is 0 Å². The summed E-state index contributed by atoms with van der Waals surface area (Å²) in [5, 5.41) is 9.62. The molecule has 7 heteroatoms. The van der Waals surface area contributed by atoms with E-state index in [1.165, 1.54) is 36.4 Å². The molecule has 1 fully saturated rings. The van der Waals surface area contributed by atoms with Gasteiger partial charge in [0.1, 0.15) is 17.0 Å². The second kappa shape index (κ2) is 5.79. The summed E-state index contributed by atoms with van der Waals surface area (Å²) in [4.78, 5) is 25.8. The number of nitrogens with two attached hydrogens (primary N) is 1. The fourth-order valence-corrected chi connectivity index (χ4v) is 2.69. The number of carbonyl (C=O) groups excluding carboxylic acids is 2. The van der Waals surface area contributed by atoms with Crippen molar-refractivity contribution in [1.82, 2.24) is 0 Å². The highest BCUT2D eigenvalue weighted by Gasteiger charge is 2.57. The van der Waals surface area contributed by atoms with Crippen molar-refractivity contribution in [3.63, 3.8) is 0 Å². The summed E-state index contributed by atoms with van der Waals surface area (Å²) in [7, 11) is 0. The lowest BCUT2D eigenvalue weighted by atomic mass is 10.0. The molecule has 0 spiro atoms. The van der Waals surface area contributed by atoms with Gasteiger partial charge in [-0.2, -0.15) is 0 Å². The van der Waals surface area contributed by atoms with Gasteiger partial charge in [0.2, 0.25) is 11.8 Å². The van der Waals surface area contributed by atoms with Crippen LogP contribution in [0.25, 0.3) is 0 Å². The van der Waals surface area contributed by atoms with Gasteiger partial charge in [0.05, 0.1) is 5.69 Å². The maximum absolute atomic E-state index is 14.4. The highest BCUT2D eigenvalue weighted by molar-refractivity contribution is 6.30. The monoisotopic (exact) mass is 348 g/mol. The lowest BCUT2D eigenvalue weighted by molar-refractivity contribution is -0.133. The average molecular weight is 349 g/mol. The predicted molar refractivity (Wildman–Crippen MR) is 87.5 cm³/mol. The standard InChI is InChI=1S/C17H14ClFN2O3/c18-10-1-6-14(13(19)9-10)21(11-2-4-12(22)5-3-11)16(24)17(7-8-17)15(20)23/h1-6,9,22H,7-8H2,(H2,20,23). The summed E-state index contributed by atoms with van der Waals surface area (Å²) in [6.45, 7) is 0. The predicted octanol–water partition coefficient (Wildman–Crippen LogP) is 3.11. The molecule has 0 heterocycles. The third kappa shape index (κ3) is 2.69. The maximum Gasteiger partial charge on any atom is 0.247 e. The normalized spacial score (nSPS) is 14.9. The van der Waals surface area contributed by atoms with Crippen LogP contribution >= 0.6 is 11.6 Å². The number of halogens is 2. The van der Waals surface area contributed by atoms with Gasteiger partial charge in [0.15, 0.2) is 0 Å². The smallest absolute Gasteiger partial charge is 0.247 e. The molecule has 0 unspecified atom stereocenters. The summed E-state index contributed by atoms with van der Waals surface area (Å²) in [6, 6.07) is 9.54. The quantitative estimate of drug-likeness (QED) is 0.833. The number of rotatable bonds is 4. The Morgan fingerprint density at radius 1 is 1.17 bits per heavy atom. The first kappa shape index (κ1) is 16.3. The molecule has 1 saturated carbocycles. The Balaban J connectivity index is 2.12. The molecule has 5 nitrogen and oxygen atoms in total. The number of phenolic OH excluding ortho intramolecular Hbond substituents is 1. The molecule has 0 aliphatic heterocycles. The maximum atomic E-state index is 14.4. The number of hydrogen-bond acceptors (Lipinski definition) is 3. The Morgan fingerprint density at radius 3 is 2.29 bits per heavy atom. The molecule has 2 aromatic carbocycles. The Bertz CT molecular complexity index is 819. The van der Waals surface area contributed by atoms with Crippen LogP contribution in [0, 0.1) is 11.2 Å². The molecule has 0 radical (unpaired) electrons. The van der Waals surface area contributed by atoms with Crippen LogP contribution in [0.5, 0.6) is 5.75 Å². The van der Waals surface area contributed by atoms with Gasteiger partial charge in [-0.05, 0) is 55.3 Å². The minimum atomic E-state index is -1.32. The lowest BCUT2D eigenvalue weighted by Gasteiger charge is -2.27. The second-order valence-corrected chi connectivity index (χ2v) is 6.14. The number of hydrogen-bond donors (Lipinski definition) is 2. The molecule has 1 aliphatic rings. The highest BCUT2D eigenvalue weighted by atomic mass is 35.5.